The SMILES string of the molecule is CC(=O)N1CCC(Nc2cc(-c3ccc4c(c3)N(C)CC4)c3c(C)ccnc3c2)CC1. The molecule has 2 aliphatic rings. The molecule has 5 rings (SSSR count). The molecule has 31 heavy (non-hydrogen) atoms. The molecule has 1 amide bonds. The topological polar surface area (TPSA) is 48.5 Å². The van der Waals surface area contributed by atoms with Crippen molar-refractivity contribution < 1.29 is 4.79 Å². The van der Waals surface area contributed by atoms with Crippen molar-refractivity contribution >= 4 is 28.2 Å². The number of hydrogen-bond acceptors (Lipinski definition) is 4. The number of likely N-dealkylation sites (N-methyl/N-ethyl adjacent to an activating group) is 1. The first-order chi connectivity index (χ1) is 15.0. The Kier molecular flexibility index (Phi) is 5.05. The third-order valence-corrected chi connectivity index (χ3v) is 6.89. The molecule has 5 heteroatoms. The van der Waals surface area contributed by atoms with Gasteiger partial charge in [0.1, 0.15) is 0 Å². The van der Waals surface area contributed by atoms with Crippen LogP contribution >= 0.6 is 0 Å². The quantitative estimate of drug-likeness (QED) is 0.679. The lowest BCUT2D eigenvalue weighted by molar-refractivity contribution is -0.129. The lowest BCUT2D eigenvalue weighted by Gasteiger charge is -2.32. The third-order valence-electron chi connectivity index (χ3n) is 6.89. The average molecular weight is 415 g/mol. The van der Waals surface area contributed by atoms with Gasteiger partial charge in [0.05, 0.1) is 5.52 Å². The highest BCUT2D eigenvalue weighted by Gasteiger charge is 2.22. The number of likely N-dealkylation sites (tertiary alicyclic amines) is 1. The van der Waals surface area contributed by atoms with Gasteiger partial charge in [-0.2, -0.15) is 0 Å². The fourth-order valence-corrected chi connectivity index (χ4v) is 5.05. The van der Waals surface area contributed by atoms with Gasteiger partial charge in [-0.05, 0) is 72.7 Å². The Hall–Kier alpha value is -3.08. The zero-order chi connectivity index (χ0) is 21.5. The van der Waals surface area contributed by atoms with Crippen molar-refractivity contribution in [1.29, 1.82) is 0 Å². The summed E-state index contributed by atoms with van der Waals surface area (Å²) in [5.41, 5.74) is 8.61. The van der Waals surface area contributed by atoms with Crippen molar-refractivity contribution in [3.05, 3.63) is 53.7 Å². The highest BCUT2D eigenvalue weighted by molar-refractivity contribution is 6.00. The summed E-state index contributed by atoms with van der Waals surface area (Å²) in [5, 5.41) is 4.96. The molecule has 0 radical (unpaired) electrons. The predicted octanol–water partition coefficient (Wildman–Crippen LogP) is 4.63. The molecule has 3 heterocycles. The number of aromatic nitrogens is 1. The number of piperidine rings is 1. The zero-order valence-corrected chi connectivity index (χ0v) is 18.6. The Morgan fingerprint density at radius 1 is 1.10 bits per heavy atom. The summed E-state index contributed by atoms with van der Waals surface area (Å²) >= 11 is 0. The van der Waals surface area contributed by atoms with E-state index in [1.54, 1.807) is 6.92 Å². The van der Waals surface area contributed by atoms with E-state index in [9.17, 15) is 4.79 Å². The van der Waals surface area contributed by atoms with Crippen LogP contribution < -0.4 is 10.2 Å². The standard InChI is InChI=1S/C26H30N4O/c1-17-6-10-27-24-16-22(28-21-8-12-30(13-9-21)18(2)31)15-23(26(17)24)20-5-4-19-7-11-29(3)25(19)14-20/h4-6,10,14-16,21,28H,7-9,11-13H2,1-3H3. The van der Waals surface area contributed by atoms with Crippen LogP contribution in [0.25, 0.3) is 22.0 Å². The highest BCUT2D eigenvalue weighted by Crippen LogP contribution is 2.37. The van der Waals surface area contributed by atoms with Gasteiger partial charge >= 0.3 is 0 Å². The van der Waals surface area contributed by atoms with E-state index >= 15 is 0 Å². The van der Waals surface area contributed by atoms with E-state index in [4.69, 9.17) is 4.98 Å². The van der Waals surface area contributed by atoms with Crippen LogP contribution in [-0.2, 0) is 11.2 Å². The normalized spacial score (nSPS) is 16.6. The molecule has 5 nitrogen and oxygen atoms in total. The second-order valence-corrected chi connectivity index (χ2v) is 8.99. The summed E-state index contributed by atoms with van der Waals surface area (Å²) in [6.07, 6.45) is 4.96. The van der Waals surface area contributed by atoms with E-state index in [0.717, 1.165) is 50.1 Å². The van der Waals surface area contributed by atoms with E-state index in [0.29, 0.717) is 6.04 Å². The molecule has 0 spiro atoms. The fourth-order valence-electron chi connectivity index (χ4n) is 5.05. The lowest BCUT2D eigenvalue weighted by Crippen LogP contribution is -2.41. The number of amides is 1. The molecule has 1 saturated heterocycles. The van der Waals surface area contributed by atoms with Gasteiger partial charge < -0.3 is 15.1 Å². The van der Waals surface area contributed by atoms with Crippen LogP contribution in [0.5, 0.6) is 0 Å². The van der Waals surface area contributed by atoms with Crippen molar-refractivity contribution in [2.45, 2.75) is 39.2 Å². The van der Waals surface area contributed by atoms with Gasteiger partial charge in [0.15, 0.2) is 0 Å². The lowest BCUT2D eigenvalue weighted by atomic mass is 9.95. The van der Waals surface area contributed by atoms with Crippen LogP contribution in [0, 0.1) is 6.92 Å². The number of carbonyl (C=O) groups excluding carboxylic acids is 1. The number of benzene rings is 2. The van der Waals surface area contributed by atoms with Gasteiger partial charge in [-0.25, -0.2) is 0 Å². The first-order valence-corrected chi connectivity index (χ1v) is 11.3. The zero-order valence-electron chi connectivity index (χ0n) is 18.6. The number of aryl methyl sites for hydroxylation is 1. The van der Waals surface area contributed by atoms with Gasteiger partial charge in [-0.1, -0.05) is 12.1 Å². The maximum Gasteiger partial charge on any atom is 0.219 e. The molecule has 1 aromatic heterocycles. The van der Waals surface area contributed by atoms with Gasteiger partial charge in [0.25, 0.3) is 0 Å². The summed E-state index contributed by atoms with van der Waals surface area (Å²) < 4.78 is 0. The summed E-state index contributed by atoms with van der Waals surface area (Å²) in [4.78, 5) is 20.6. The number of anilines is 2. The van der Waals surface area contributed by atoms with Crippen molar-refractivity contribution in [2.24, 2.45) is 0 Å². The maximum atomic E-state index is 11.6. The predicted molar refractivity (Wildman–Crippen MR) is 128 cm³/mol. The van der Waals surface area contributed by atoms with Gasteiger partial charge in [0.2, 0.25) is 5.91 Å². The summed E-state index contributed by atoms with van der Waals surface area (Å²) in [6.45, 7) is 6.55. The monoisotopic (exact) mass is 414 g/mol. The molecule has 0 aliphatic carbocycles. The molecule has 2 aromatic carbocycles. The molecule has 1 fully saturated rings. The number of nitrogens with zero attached hydrogens (tertiary/aromatic N) is 3. The van der Waals surface area contributed by atoms with E-state index in [-0.39, 0.29) is 5.91 Å². The summed E-state index contributed by atoms with van der Waals surface area (Å²) in [5.74, 6) is 0.174. The van der Waals surface area contributed by atoms with E-state index in [2.05, 4.69) is 60.6 Å². The van der Waals surface area contributed by atoms with E-state index in [1.165, 1.54) is 33.3 Å². The number of carbonyl (C=O) groups is 1. The molecule has 0 unspecified atom stereocenters. The van der Waals surface area contributed by atoms with Crippen LogP contribution in [0.3, 0.4) is 0 Å². The van der Waals surface area contributed by atoms with Crippen molar-refractivity contribution in [3.8, 4) is 11.1 Å². The minimum Gasteiger partial charge on any atom is -0.382 e. The molecule has 2 aliphatic heterocycles. The number of rotatable bonds is 3. The number of fused-ring (bicyclic) bond motifs is 2. The van der Waals surface area contributed by atoms with E-state index < -0.39 is 0 Å². The van der Waals surface area contributed by atoms with Crippen molar-refractivity contribution in [2.75, 3.05) is 36.9 Å². The Balaban J connectivity index is 1.52. The smallest absolute Gasteiger partial charge is 0.219 e. The van der Waals surface area contributed by atoms with Gasteiger partial charge in [-0.15, -0.1) is 0 Å². The Labute approximate surface area is 184 Å². The Morgan fingerprint density at radius 3 is 2.68 bits per heavy atom. The fraction of sp³-hybridized carbons (Fsp3) is 0.385. The van der Waals surface area contributed by atoms with Crippen LogP contribution in [-0.4, -0.2) is 48.5 Å². The van der Waals surface area contributed by atoms with Crippen LogP contribution in [0.1, 0.15) is 30.9 Å². The average Bonchev–Trinajstić information content (AvgIpc) is 3.14. The minimum atomic E-state index is 0.174. The van der Waals surface area contributed by atoms with Crippen LogP contribution in [0.2, 0.25) is 0 Å². The first kappa shape index (κ1) is 19.9. The highest BCUT2D eigenvalue weighted by atomic mass is 16.2. The van der Waals surface area contributed by atoms with Crippen LogP contribution in [0.4, 0.5) is 11.4 Å². The Morgan fingerprint density at radius 2 is 1.90 bits per heavy atom. The van der Waals surface area contributed by atoms with Crippen LogP contribution in [0.15, 0.2) is 42.6 Å². The second-order valence-electron chi connectivity index (χ2n) is 8.99. The summed E-state index contributed by atoms with van der Waals surface area (Å²) in [6, 6.07) is 13.8. The first-order valence-electron chi connectivity index (χ1n) is 11.3. The number of nitrogens with one attached hydrogen (secondary N) is 1. The van der Waals surface area contributed by atoms with E-state index in [1.807, 2.05) is 11.1 Å². The molecule has 0 saturated carbocycles. The molecule has 1 N–H and O–H groups in total. The molecule has 3 aromatic rings. The molecule has 0 bridgehead atoms. The number of hydrogen-bond donors (Lipinski definition) is 1. The largest absolute Gasteiger partial charge is 0.382 e. The molecule has 160 valence electrons. The van der Waals surface area contributed by atoms with Crippen molar-refractivity contribution in [1.82, 2.24) is 9.88 Å². The minimum absolute atomic E-state index is 0.174. The van der Waals surface area contributed by atoms with Crippen molar-refractivity contribution in [3.63, 3.8) is 0 Å². The van der Waals surface area contributed by atoms with Gasteiger partial charge in [0, 0.05) is 62.6 Å². The Bertz CT molecular complexity index is 1150. The molecular formula is C26H30N4O. The molecular weight excluding hydrogens is 384 g/mol. The third kappa shape index (κ3) is 3.73. The second kappa shape index (κ2) is 7.88. The summed E-state index contributed by atoms with van der Waals surface area (Å²) in [7, 11) is 2.17. The number of pyridine rings is 1. The maximum absolute atomic E-state index is 11.6. The molecule has 0 atom stereocenters. The van der Waals surface area contributed by atoms with Gasteiger partial charge in [-0.3, -0.25) is 9.78 Å².